The third-order valence-electron chi connectivity index (χ3n) is 3.88. The number of aryl methyl sites for hydroxylation is 1. The highest BCUT2D eigenvalue weighted by atomic mass is 32.2. The highest BCUT2D eigenvalue weighted by molar-refractivity contribution is 7.98. The van der Waals surface area contributed by atoms with Crippen LogP contribution >= 0.6 is 11.8 Å². The summed E-state index contributed by atoms with van der Waals surface area (Å²) in [4.78, 5) is 7.61. The van der Waals surface area contributed by atoms with Gasteiger partial charge in [0.2, 0.25) is 0 Å². The number of thioether (sulfide) groups is 1. The molecular formula is C18H28N4S. The van der Waals surface area contributed by atoms with Gasteiger partial charge in [0, 0.05) is 37.2 Å². The van der Waals surface area contributed by atoms with E-state index in [2.05, 4.69) is 57.3 Å². The summed E-state index contributed by atoms with van der Waals surface area (Å²) in [6.07, 6.45) is 8.89. The molecule has 1 aromatic heterocycles. The summed E-state index contributed by atoms with van der Waals surface area (Å²) < 4.78 is 0. The largest absolute Gasteiger partial charge is 0.361 e. The van der Waals surface area contributed by atoms with Crippen LogP contribution in [0.3, 0.4) is 0 Å². The minimum Gasteiger partial charge on any atom is -0.361 e. The highest BCUT2D eigenvalue weighted by Crippen LogP contribution is 2.18. The van der Waals surface area contributed by atoms with E-state index < -0.39 is 0 Å². The Bertz CT molecular complexity index is 606. The molecule has 4 nitrogen and oxygen atoms in total. The Labute approximate surface area is 143 Å². The van der Waals surface area contributed by atoms with Gasteiger partial charge in [-0.3, -0.25) is 4.99 Å². The number of aromatic amines is 1. The molecule has 0 saturated carbocycles. The van der Waals surface area contributed by atoms with E-state index in [0.717, 1.165) is 31.9 Å². The summed E-state index contributed by atoms with van der Waals surface area (Å²) in [6, 6.07) is 8.48. The molecule has 0 unspecified atom stereocenters. The average Bonchev–Trinajstić information content (AvgIpc) is 3.00. The number of hydrogen-bond acceptors (Lipinski definition) is 2. The lowest BCUT2D eigenvalue weighted by molar-refractivity contribution is 0.714. The van der Waals surface area contributed by atoms with Crippen LogP contribution in [-0.4, -0.2) is 43.1 Å². The van der Waals surface area contributed by atoms with E-state index in [0.29, 0.717) is 0 Å². The molecule has 0 bridgehead atoms. The fourth-order valence-electron chi connectivity index (χ4n) is 2.62. The van der Waals surface area contributed by atoms with Crippen molar-refractivity contribution in [2.24, 2.45) is 4.99 Å². The van der Waals surface area contributed by atoms with Crippen molar-refractivity contribution in [3.63, 3.8) is 0 Å². The van der Waals surface area contributed by atoms with Gasteiger partial charge in [-0.05, 0) is 49.3 Å². The number of fused-ring (bicyclic) bond motifs is 1. The molecule has 1 aromatic carbocycles. The van der Waals surface area contributed by atoms with Crippen LogP contribution in [0.2, 0.25) is 0 Å². The van der Waals surface area contributed by atoms with Crippen LogP contribution in [0, 0.1) is 0 Å². The molecule has 126 valence electrons. The van der Waals surface area contributed by atoms with E-state index in [1.54, 1.807) is 0 Å². The molecule has 0 fully saturated rings. The summed E-state index contributed by atoms with van der Waals surface area (Å²) in [5, 5.41) is 8.11. The molecule has 1 heterocycles. The summed E-state index contributed by atoms with van der Waals surface area (Å²) in [7, 11) is 1.83. The molecule has 0 aliphatic carbocycles. The Morgan fingerprint density at radius 2 is 1.91 bits per heavy atom. The summed E-state index contributed by atoms with van der Waals surface area (Å²) >= 11 is 1.91. The predicted octanol–water partition coefficient (Wildman–Crippen LogP) is 3.41. The van der Waals surface area contributed by atoms with Crippen molar-refractivity contribution in [3.8, 4) is 0 Å². The molecule has 0 spiro atoms. The third-order valence-corrected chi connectivity index (χ3v) is 4.58. The predicted molar refractivity (Wildman–Crippen MR) is 104 cm³/mol. The topological polar surface area (TPSA) is 52.2 Å². The van der Waals surface area contributed by atoms with Gasteiger partial charge in [-0.15, -0.1) is 0 Å². The Balaban J connectivity index is 1.65. The smallest absolute Gasteiger partial charge is 0.190 e. The lowest BCUT2D eigenvalue weighted by Gasteiger charge is -2.11. The lowest BCUT2D eigenvalue weighted by atomic mass is 10.1. The monoisotopic (exact) mass is 332 g/mol. The van der Waals surface area contributed by atoms with E-state index in [1.807, 2.05) is 18.8 Å². The van der Waals surface area contributed by atoms with Crippen molar-refractivity contribution in [1.29, 1.82) is 0 Å². The van der Waals surface area contributed by atoms with Gasteiger partial charge in [-0.1, -0.05) is 18.2 Å². The molecule has 0 amide bonds. The van der Waals surface area contributed by atoms with Crippen LogP contribution in [0.1, 0.15) is 24.8 Å². The van der Waals surface area contributed by atoms with Crippen molar-refractivity contribution >= 4 is 28.6 Å². The molecule has 2 aromatic rings. The number of para-hydroxylation sites is 1. The first-order valence-corrected chi connectivity index (χ1v) is 9.73. The number of hydrogen-bond donors (Lipinski definition) is 3. The Morgan fingerprint density at radius 1 is 1.13 bits per heavy atom. The molecular weight excluding hydrogens is 304 g/mol. The Hall–Kier alpha value is -1.62. The van der Waals surface area contributed by atoms with E-state index in [-0.39, 0.29) is 0 Å². The van der Waals surface area contributed by atoms with Gasteiger partial charge in [0.25, 0.3) is 0 Å². The zero-order valence-corrected chi connectivity index (χ0v) is 15.0. The van der Waals surface area contributed by atoms with E-state index in [4.69, 9.17) is 0 Å². The molecule has 0 radical (unpaired) electrons. The van der Waals surface area contributed by atoms with Gasteiger partial charge in [0.1, 0.15) is 0 Å². The summed E-state index contributed by atoms with van der Waals surface area (Å²) in [6.45, 7) is 1.92. The maximum atomic E-state index is 4.27. The first-order chi connectivity index (χ1) is 11.3. The molecule has 0 aliphatic rings. The maximum absolute atomic E-state index is 4.27. The first kappa shape index (κ1) is 17.7. The number of rotatable bonds is 9. The molecule has 0 saturated heterocycles. The van der Waals surface area contributed by atoms with Gasteiger partial charge < -0.3 is 15.6 Å². The Kier molecular flexibility index (Phi) is 7.87. The van der Waals surface area contributed by atoms with Crippen LogP contribution in [0.5, 0.6) is 0 Å². The van der Waals surface area contributed by atoms with Crippen LogP contribution in [0.15, 0.2) is 35.5 Å². The molecule has 23 heavy (non-hydrogen) atoms. The van der Waals surface area contributed by atoms with Crippen molar-refractivity contribution in [2.45, 2.75) is 25.7 Å². The fourth-order valence-corrected chi connectivity index (χ4v) is 3.12. The van der Waals surface area contributed by atoms with Gasteiger partial charge >= 0.3 is 0 Å². The highest BCUT2D eigenvalue weighted by Gasteiger charge is 2.03. The van der Waals surface area contributed by atoms with Crippen molar-refractivity contribution in [1.82, 2.24) is 15.6 Å². The number of aromatic nitrogens is 1. The average molecular weight is 333 g/mol. The quantitative estimate of drug-likeness (QED) is 0.375. The molecule has 5 heteroatoms. The lowest BCUT2D eigenvalue weighted by Crippen LogP contribution is -2.38. The van der Waals surface area contributed by atoms with Gasteiger partial charge in [0.15, 0.2) is 5.96 Å². The zero-order valence-electron chi connectivity index (χ0n) is 14.2. The van der Waals surface area contributed by atoms with E-state index in [1.165, 1.54) is 35.1 Å². The second kappa shape index (κ2) is 10.2. The number of benzene rings is 1. The van der Waals surface area contributed by atoms with Crippen LogP contribution in [0.25, 0.3) is 10.9 Å². The standard InChI is InChI=1S/C18H28N4S/c1-19-18(20-11-5-6-13-23-2)21-12-7-8-15-14-22-17-10-4-3-9-16(15)17/h3-4,9-10,14,22H,5-8,11-13H2,1-2H3,(H2,19,20,21). The SMILES string of the molecule is CN=C(NCCCCSC)NCCCc1c[nH]c2ccccc12. The number of nitrogens with zero attached hydrogens (tertiary/aromatic N) is 1. The Morgan fingerprint density at radius 3 is 2.70 bits per heavy atom. The van der Waals surface area contributed by atoms with Gasteiger partial charge in [0.05, 0.1) is 0 Å². The fraction of sp³-hybridized carbons (Fsp3) is 0.500. The van der Waals surface area contributed by atoms with Crippen LogP contribution in [-0.2, 0) is 6.42 Å². The van der Waals surface area contributed by atoms with Gasteiger partial charge in [-0.25, -0.2) is 0 Å². The van der Waals surface area contributed by atoms with Gasteiger partial charge in [-0.2, -0.15) is 11.8 Å². The normalized spacial score (nSPS) is 11.8. The van der Waals surface area contributed by atoms with Crippen LogP contribution in [0.4, 0.5) is 0 Å². The molecule has 2 rings (SSSR count). The third kappa shape index (κ3) is 5.82. The van der Waals surface area contributed by atoms with Crippen LogP contribution < -0.4 is 10.6 Å². The molecule has 3 N–H and O–H groups in total. The van der Waals surface area contributed by atoms with Crippen molar-refractivity contribution < 1.29 is 0 Å². The second-order valence-electron chi connectivity index (χ2n) is 5.59. The number of unbranched alkanes of at least 4 members (excludes halogenated alkanes) is 1. The second-order valence-corrected chi connectivity index (χ2v) is 6.57. The summed E-state index contributed by atoms with van der Waals surface area (Å²) in [5.41, 5.74) is 2.61. The molecule has 0 atom stereocenters. The van der Waals surface area contributed by atoms with E-state index >= 15 is 0 Å². The van der Waals surface area contributed by atoms with Crippen molar-refractivity contribution in [2.75, 3.05) is 32.1 Å². The van der Waals surface area contributed by atoms with E-state index in [9.17, 15) is 0 Å². The first-order valence-electron chi connectivity index (χ1n) is 8.33. The number of aliphatic imine (C=N–C) groups is 1. The maximum Gasteiger partial charge on any atom is 0.190 e. The minimum atomic E-state index is 0.910. The number of H-pyrrole nitrogens is 1. The number of guanidine groups is 1. The van der Waals surface area contributed by atoms with Crippen molar-refractivity contribution in [3.05, 3.63) is 36.0 Å². The zero-order chi connectivity index (χ0) is 16.3. The summed E-state index contributed by atoms with van der Waals surface area (Å²) in [5.74, 6) is 2.14. The number of nitrogens with one attached hydrogen (secondary N) is 3. The molecule has 0 aliphatic heterocycles. The minimum absolute atomic E-state index is 0.910.